The summed E-state index contributed by atoms with van der Waals surface area (Å²) in [5.74, 6) is 1.14. The van der Waals surface area contributed by atoms with Crippen LogP contribution in [0.3, 0.4) is 0 Å². The molecule has 0 unspecified atom stereocenters. The second kappa shape index (κ2) is 9.39. The average molecular weight is 384 g/mol. The molecule has 1 fully saturated rings. The second-order valence-corrected chi connectivity index (χ2v) is 9.22. The van der Waals surface area contributed by atoms with E-state index in [9.17, 15) is 10.2 Å². The van der Waals surface area contributed by atoms with Crippen LogP contribution in [0, 0.1) is 17.8 Å². The van der Waals surface area contributed by atoms with Crippen molar-refractivity contribution in [3.63, 3.8) is 0 Å². The van der Waals surface area contributed by atoms with Crippen molar-refractivity contribution in [3.8, 4) is 0 Å². The molecule has 0 aliphatic heterocycles. The summed E-state index contributed by atoms with van der Waals surface area (Å²) in [6.45, 7) is 2.99. The van der Waals surface area contributed by atoms with Gasteiger partial charge in [-0.3, -0.25) is 0 Å². The number of allylic oxidation sites excluding steroid dienone is 2. The minimum Gasteiger partial charge on any atom is -0.392 e. The van der Waals surface area contributed by atoms with Crippen LogP contribution in [0.4, 0.5) is 0 Å². The Kier molecular flexibility index (Phi) is 7.14. The zero-order valence-corrected chi connectivity index (χ0v) is 17.7. The van der Waals surface area contributed by atoms with Crippen molar-refractivity contribution in [2.45, 2.75) is 57.2 Å². The molecule has 0 aromatic heterocycles. The van der Waals surface area contributed by atoms with E-state index in [1.165, 1.54) is 32.2 Å². The highest BCUT2D eigenvalue weighted by molar-refractivity contribution is 5.27. The van der Waals surface area contributed by atoms with Gasteiger partial charge in [-0.2, -0.15) is 0 Å². The summed E-state index contributed by atoms with van der Waals surface area (Å²) in [4.78, 5) is 2.25. The number of hydrogen-bond acceptors (Lipinski definition) is 3. The summed E-state index contributed by atoms with van der Waals surface area (Å²) in [5, 5.41) is 21.4. The molecule has 1 saturated carbocycles. The molecule has 0 bridgehead atoms. The molecular formula is C25H37NO2. The van der Waals surface area contributed by atoms with E-state index in [0.29, 0.717) is 11.8 Å². The van der Waals surface area contributed by atoms with E-state index in [-0.39, 0.29) is 12.0 Å². The van der Waals surface area contributed by atoms with Gasteiger partial charge in [-0.25, -0.2) is 0 Å². The van der Waals surface area contributed by atoms with E-state index in [1.807, 2.05) is 43.3 Å². The Morgan fingerprint density at radius 3 is 2.61 bits per heavy atom. The third-order valence-electron chi connectivity index (χ3n) is 6.55. The normalized spacial score (nSPS) is 29.3. The minimum atomic E-state index is -1.000. The topological polar surface area (TPSA) is 43.7 Å². The first-order chi connectivity index (χ1) is 13.4. The fraction of sp³-hybridized carbons (Fsp3) is 0.600. The largest absolute Gasteiger partial charge is 0.392 e. The summed E-state index contributed by atoms with van der Waals surface area (Å²) in [7, 11) is 4.27. The molecule has 3 nitrogen and oxygen atoms in total. The van der Waals surface area contributed by atoms with Gasteiger partial charge in [-0.15, -0.1) is 0 Å². The van der Waals surface area contributed by atoms with Crippen molar-refractivity contribution >= 4 is 0 Å². The van der Waals surface area contributed by atoms with Crippen molar-refractivity contribution in [1.29, 1.82) is 0 Å². The molecule has 2 aliphatic carbocycles. The van der Waals surface area contributed by atoms with Crippen LogP contribution in [0.25, 0.3) is 0 Å². The molecule has 1 aromatic carbocycles. The van der Waals surface area contributed by atoms with Gasteiger partial charge in [-0.05, 0) is 77.1 Å². The maximum atomic E-state index is 10.8. The summed E-state index contributed by atoms with van der Waals surface area (Å²) in [6, 6.07) is 9.75. The highest BCUT2D eigenvalue weighted by Gasteiger charge is 2.43. The first kappa shape index (κ1) is 21.3. The molecule has 0 heterocycles. The summed E-state index contributed by atoms with van der Waals surface area (Å²) < 4.78 is 0. The van der Waals surface area contributed by atoms with E-state index in [0.717, 1.165) is 18.4 Å². The number of benzene rings is 1. The van der Waals surface area contributed by atoms with Gasteiger partial charge in [0.15, 0.2) is 0 Å². The van der Waals surface area contributed by atoms with Gasteiger partial charge < -0.3 is 15.1 Å². The first-order valence-corrected chi connectivity index (χ1v) is 10.9. The Hall–Kier alpha value is -1.42. The fourth-order valence-corrected chi connectivity index (χ4v) is 4.92. The molecule has 28 heavy (non-hydrogen) atoms. The lowest BCUT2D eigenvalue weighted by Crippen LogP contribution is -2.21. The molecule has 3 rings (SSSR count). The van der Waals surface area contributed by atoms with Crippen LogP contribution in [-0.4, -0.2) is 41.9 Å². The number of aliphatic hydroxyl groups is 2. The summed E-state index contributed by atoms with van der Waals surface area (Å²) >= 11 is 0. The second-order valence-electron chi connectivity index (χ2n) is 9.22. The van der Waals surface area contributed by atoms with Gasteiger partial charge in [0.05, 0.1) is 6.10 Å². The number of rotatable bonds is 9. The molecule has 0 amide bonds. The lowest BCUT2D eigenvalue weighted by molar-refractivity contribution is 0.107. The van der Waals surface area contributed by atoms with Crippen molar-refractivity contribution in [2.24, 2.45) is 17.8 Å². The predicted molar refractivity (Wildman–Crippen MR) is 116 cm³/mol. The Morgan fingerprint density at radius 2 is 1.89 bits per heavy atom. The van der Waals surface area contributed by atoms with E-state index in [1.54, 1.807) is 5.57 Å². The minimum absolute atomic E-state index is 0.141. The molecule has 0 saturated heterocycles. The molecule has 0 spiro atoms. The van der Waals surface area contributed by atoms with Crippen LogP contribution in [0.5, 0.6) is 0 Å². The van der Waals surface area contributed by atoms with E-state index < -0.39 is 5.60 Å². The third kappa shape index (κ3) is 5.34. The SMILES string of the molecule is CN(C)CCCCCC1=C[C@H]2C[C@@H](O)[C@H](C=C[C@](C)(O)c3ccccc3)[C@H]2C1. The van der Waals surface area contributed by atoms with Crippen LogP contribution in [0.15, 0.2) is 54.1 Å². The Balaban J connectivity index is 1.54. The van der Waals surface area contributed by atoms with Crippen LogP contribution in [-0.2, 0) is 5.60 Å². The smallest absolute Gasteiger partial charge is 0.105 e. The fourth-order valence-electron chi connectivity index (χ4n) is 4.92. The highest BCUT2D eigenvalue weighted by atomic mass is 16.3. The monoisotopic (exact) mass is 383 g/mol. The van der Waals surface area contributed by atoms with Crippen LogP contribution < -0.4 is 0 Å². The molecule has 2 N–H and O–H groups in total. The van der Waals surface area contributed by atoms with Crippen LogP contribution in [0.2, 0.25) is 0 Å². The van der Waals surface area contributed by atoms with Crippen molar-refractivity contribution in [2.75, 3.05) is 20.6 Å². The lowest BCUT2D eigenvalue weighted by atomic mass is 9.86. The molecule has 154 valence electrons. The average Bonchev–Trinajstić information content (AvgIpc) is 3.16. The van der Waals surface area contributed by atoms with Crippen LogP contribution in [0.1, 0.15) is 51.0 Å². The lowest BCUT2D eigenvalue weighted by Gasteiger charge is -2.23. The predicted octanol–water partition coefficient (Wildman–Crippen LogP) is 4.52. The maximum absolute atomic E-state index is 10.8. The molecule has 2 aliphatic rings. The van der Waals surface area contributed by atoms with Gasteiger partial charge in [0.2, 0.25) is 0 Å². The number of hydrogen-bond donors (Lipinski definition) is 2. The summed E-state index contributed by atoms with van der Waals surface area (Å²) in [6.07, 6.45) is 13.1. The van der Waals surface area contributed by atoms with Gasteiger partial charge in [-0.1, -0.05) is 60.6 Å². The molecule has 3 heteroatoms. The quantitative estimate of drug-likeness (QED) is 0.487. The van der Waals surface area contributed by atoms with Gasteiger partial charge in [0, 0.05) is 5.92 Å². The highest BCUT2D eigenvalue weighted by Crippen LogP contribution is 2.48. The maximum Gasteiger partial charge on any atom is 0.105 e. The number of aliphatic hydroxyl groups excluding tert-OH is 1. The van der Waals surface area contributed by atoms with Crippen molar-refractivity contribution < 1.29 is 10.2 Å². The Morgan fingerprint density at radius 1 is 1.14 bits per heavy atom. The first-order valence-electron chi connectivity index (χ1n) is 10.9. The third-order valence-corrected chi connectivity index (χ3v) is 6.55. The van der Waals surface area contributed by atoms with Crippen LogP contribution >= 0.6 is 0 Å². The van der Waals surface area contributed by atoms with Gasteiger partial charge >= 0.3 is 0 Å². The Labute approximate surface area is 170 Å². The van der Waals surface area contributed by atoms with Gasteiger partial charge in [0.25, 0.3) is 0 Å². The molecule has 1 aromatic rings. The van der Waals surface area contributed by atoms with Crippen molar-refractivity contribution in [3.05, 3.63) is 59.7 Å². The van der Waals surface area contributed by atoms with E-state index >= 15 is 0 Å². The molecule has 0 radical (unpaired) electrons. The molecular weight excluding hydrogens is 346 g/mol. The number of nitrogens with zero attached hydrogens (tertiary/aromatic N) is 1. The standard InChI is InChI=1S/C25H37NO2/c1-25(28,21-11-7-4-8-12-21)14-13-22-23-17-19(16-20(23)18-24(22)27)10-6-5-9-15-26(2)3/h4,7-8,11-14,16,20,22-24,27-28H,5-6,9-10,15,17-18H2,1-3H3/t20-,22+,23-,24+,25-/m0/s1. The number of fused-ring (bicyclic) bond motifs is 1. The van der Waals surface area contributed by atoms with E-state index in [2.05, 4.69) is 31.1 Å². The zero-order chi connectivity index (χ0) is 20.1. The molecule has 5 atom stereocenters. The number of unbranched alkanes of at least 4 members (excludes halogenated alkanes) is 2. The zero-order valence-electron chi connectivity index (χ0n) is 17.7. The van der Waals surface area contributed by atoms with E-state index in [4.69, 9.17) is 0 Å². The Bertz CT molecular complexity index is 677. The summed E-state index contributed by atoms with van der Waals surface area (Å²) in [5.41, 5.74) is 1.47. The van der Waals surface area contributed by atoms with Gasteiger partial charge in [0.1, 0.15) is 5.60 Å². The van der Waals surface area contributed by atoms with Crippen molar-refractivity contribution in [1.82, 2.24) is 4.90 Å².